The molecule has 1 heterocycles. The summed E-state index contributed by atoms with van der Waals surface area (Å²) < 4.78 is 5.25. The summed E-state index contributed by atoms with van der Waals surface area (Å²) in [6.45, 7) is 1.87. The van der Waals surface area contributed by atoms with Crippen LogP contribution in [0.4, 0.5) is 5.69 Å². The van der Waals surface area contributed by atoms with Crippen LogP contribution in [0.2, 0.25) is 5.02 Å². The van der Waals surface area contributed by atoms with E-state index in [1.807, 2.05) is 37.3 Å². The standard InChI is InChI=1S/C18H15ClN2O3/c1-11-5-3-7-14(19)16(11)21-24-18(22)13-9-12-6-4-8-15(23-2)17(12)20-10-13/h3-10,21H,1-2H3. The minimum Gasteiger partial charge on any atom is -0.494 e. The maximum Gasteiger partial charge on any atom is 0.364 e. The maximum atomic E-state index is 12.2. The Labute approximate surface area is 144 Å². The highest BCUT2D eigenvalue weighted by molar-refractivity contribution is 6.33. The average molecular weight is 343 g/mol. The number of benzene rings is 2. The lowest BCUT2D eigenvalue weighted by molar-refractivity contribution is 0.0596. The van der Waals surface area contributed by atoms with E-state index in [1.165, 1.54) is 6.20 Å². The topological polar surface area (TPSA) is 60.5 Å². The molecule has 0 saturated carbocycles. The number of aryl methyl sites for hydroxylation is 1. The molecule has 3 aromatic rings. The molecule has 0 spiro atoms. The first-order chi connectivity index (χ1) is 11.6. The van der Waals surface area contributed by atoms with E-state index in [1.54, 1.807) is 19.2 Å². The Kier molecular flexibility index (Phi) is 4.53. The Hall–Kier alpha value is -2.79. The number of halogens is 1. The van der Waals surface area contributed by atoms with Crippen LogP contribution in [0.1, 0.15) is 15.9 Å². The van der Waals surface area contributed by atoms with Crippen LogP contribution in [0.3, 0.4) is 0 Å². The molecule has 0 bridgehead atoms. The molecule has 0 amide bonds. The summed E-state index contributed by atoms with van der Waals surface area (Å²) in [6, 6.07) is 12.6. The van der Waals surface area contributed by atoms with E-state index in [0.717, 1.165) is 10.9 Å². The molecule has 0 atom stereocenters. The number of pyridine rings is 1. The average Bonchev–Trinajstić information content (AvgIpc) is 2.60. The van der Waals surface area contributed by atoms with Gasteiger partial charge in [0.05, 0.1) is 23.4 Å². The molecule has 0 aliphatic heterocycles. The van der Waals surface area contributed by atoms with E-state index in [-0.39, 0.29) is 0 Å². The lowest BCUT2D eigenvalue weighted by Gasteiger charge is -2.11. The van der Waals surface area contributed by atoms with Crippen LogP contribution in [0, 0.1) is 6.92 Å². The molecule has 1 aromatic heterocycles. The van der Waals surface area contributed by atoms with E-state index in [0.29, 0.717) is 27.5 Å². The van der Waals surface area contributed by atoms with Crippen LogP contribution in [-0.4, -0.2) is 18.1 Å². The van der Waals surface area contributed by atoms with E-state index < -0.39 is 5.97 Å². The van der Waals surface area contributed by atoms with Crippen molar-refractivity contribution in [1.29, 1.82) is 0 Å². The number of fused-ring (bicyclic) bond motifs is 1. The predicted octanol–water partition coefficient (Wildman–Crippen LogP) is 4.39. The lowest BCUT2D eigenvalue weighted by atomic mass is 10.1. The number of rotatable bonds is 4. The van der Waals surface area contributed by atoms with Crippen LogP contribution >= 0.6 is 11.6 Å². The molecule has 0 unspecified atom stereocenters. The molecule has 122 valence electrons. The number of methoxy groups -OCH3 is 1. The van der Waals surface area contributed by atoms with E-state index in [2.05, 4.69) is 10.5 Å². The third-order valence-corrected chi connectivity index (χ3v) is 3.91. The van der Waals surface area contributed by atoms with E-state index >= 15 is 0 Å². The molecular weight excluding hydrogens is 328 g/mol. The molecule has 6 heteroatoms. The van der Waals surface area contributed by atoms with Crippen molar-refractivity contribution in [2.45, 2.75) is 6.92 Å². The molecule has 1 N–H and O–H groups in total. The van der Waals surface area contributed by atoms with Crippen molar-refractivity contribution in [2.24, 2.45) is 0 Å². The number of carbonyl (C=O) groups excluding carboxylic acids is 1. The van der Waals surface area contributed by atoms with E-state index in [4.69, 9.17) is 21.2 Å². The zero-order valence-electron chi connectivity index (χ0n) is 13.2. The van der Waals surface area contributed by atoms with Gasteiger partial charge in [-0.05, 0) is 30.7 Å². The molecule has 24 heavy (non-hydrogen) atoms. The quantitative estimate of drug-likeness (QED) is 0.712. The Bertz CT molecular complexity index is 892. The molecule has 0 aliphatic carbocycles. The second-order valence-electron chi connectivity index (χ2n) is 5.18. The largest absolute Gasteiger partial charge is 0.494 e. The van der Waals surface area contributed by atoms with Crippen LogP contribution < -0.4 is 10.2 Å². The van der Waals surface area contributed by atoms with Crippen LogP contribution in [0.5, 0.6) is 5.75 Å². The number of ether oxygens (including phenoxy) is 1. The van der Waals surface area contributed by atoms with Gasteiger partial charge in [-0.25, -0.2) is 10.3 Å². The Morgan fingerprint density at radius 2 is 2.00 bits per heavy atom. The number of nitrogens with zero attached hydrogens (tertiary/aromatic N) is 1. The first kappa shape index (κ1) is 16.1. The van der Waals surface area contributed by atoms with Gasteiger partial charge in [0.15, 0.2) is 0 Å². The van der Waals surface area contributed by atoms with Crippen LogP contribution in [-0.2, 0) is 4.84 Å². The summed E-state index contributed by atoms with van der Waals surface area (Å²) in [6.07, 6.45) is 1.45. The van der Waals surface area contributed by atoms with Crippen molar-refractivity contribution in [2.75, 3.05) is 12.6 Å². The highest BCUT2D eigenvalue weighted by Crippen LogP contribution is 2.26. The highest BCUT2D eigenvalue weighted by atomic mass is 35.5. The molecule has 0 fully saturated rings. The van der Waals surface area contributed by atoms with Gasteiger partial charge in [0.2, 0.25) is 0 Å². The second kappa shape index (κ2) is 6.76. The first-order valence-electron chi connectivity index (χ1n) is 7.25. The molecule has 2 aromatic carbocycles. The zero-order chi connectivity index (χ0) is 17.1. The maximum absolute atomic E-state index is 12.2. The number of hydrogen-bond acceptors (Lipinski definition) is 5. The number of para-hydroxylation sites is 2. The van der Waals surface area contributed by atoms with Crippen molar-refractivity contribution < 1.29 is 14.4 Å². The predicted molar refractivity (Wildman–Crippen MR) is 93.5 cm³/mol. The van der Waals surface area contributed by atoms with Gasteiger partial charge in [-0.2, -0.15) is 0 Å². The number of hydrogen-bond donors (Lipinski definition) is 1. The molecule has 0 saturated heterocycles. The Morgan fingerprint density at radius 3 is 2.75 bits per heavy atom. The summed E-state index contributed by atoms with van der Waals surface area (Å²) in [5.74, 6) is 0.101. The van der Waals surface area contributed by atoms with E-state index in [9.17, 15) is 4.79 Å². The summed E-state index contributed by atoms with van der Waals surface area (Å²) in [5, 5.41) is 1.27. The monoisotopic (exact) mass is 342 g/mol. The number of nitrogens with one attached hydrogen (secondary N) is 1. The van der Waals surface area contributed by atoms with Crippen LogP contribution in [0.25, 0.3) is 10.9 Å². The normalized spacial score (nSPS) is 10.5. The molecular formula is C18H15ClN2O3. The number of aromatic nitrogens is 1. The van der Waals surface area contributed by atoms with Gasteiger partial charge in [-0.3, -0.25) is 4.98 Å². The number of carbonyl (C=O) groups is 1. The molecule has 5 nitrogen and oxygen atoms in total. The highest BCUT2D eigenvalue weighted by Gasteiger charge is 2.12. The minimum atomic E-state index is -0.550. The third kappa shape index (κ3) is 3.12. The Balaban J connectivity index is 1.82. The fourth-order valence-electron chi connectivity index (χ4n) is 2.33. The van der Waals surface area contributed by atoms with Crippen molar-refractivity contribution in [1.82, 2.24) is 4.98 Å². The summed E-state index contributed by atoms with van der Waals surface area (Å²) in [7, 11) is 1.58. The smallest absolute Gasteiger partial charge is 0.364 e. The van der Waals surface area contributed by atoms with Gasteiger partial charge in [0.25, 0.3) is 0 Å². The fourth-order valence-corrected chi connectivity index (χ4v) is 2.59. The fraction of sp³-hybridized carbons (Fsp3) is 0.111. The first-order valence-corrected chi connectivity index (χ1v) is 7.63. The zero-order valence-corrected chi connectivity index (χ0v) is 13.9. The number of anilines is 1. The van der Waals surface area contributed by atoms with Crippen molar-refractivity contribution in [3.63, 3.8) is 0 Å². The summed E-state index contributed by atoms with van der Waals surface area (Å²) in [5.41, 5.74) is 5.06. The van der Waals surface area contributed by atoms with Gasteiger partial charge in [-0.15, -0.1) is 0 Å². The molecule has 0 radical (unpaired) electrons. The molecule has 0 aliphatic rings. The van der Waals surface area contributed by atoms with Crippen molar-refractivity contribution in [3.05, 3.63) is 64.8 Å². The van der Waals surface area contributed by atoms with Gasteiger partial charge in [0.1, 0.15) is 11.3 Å². The van der Waals surface area contributed by atoms with Gasteiger partial charge < -0.3 is 9.57 Å². The van der Waals surface area contributed by atoms with Crippen LogP contribution in [0.15, 0.2) is 48.7 Å². The van der Waals surface area contributed by atoms with Gasteiger partial charge >= 0.3 is 5.97 Å². The Morgan fingerprint density at radius 1 is 1.21 bits per heavy atom. The van der Waals surface area contributed by atoms with Crippen molar-refractivity contribution in [3.8, 4) is 5.75 Å². The summed E-state index contributed by atoms with van der Waals surface area (Å²) >= 11 is 6.09. The SMILES string of the molecule is COc1cccc2cc(C(=O)ONc3c(C)cccc3Cl)cnc12. The lowest BCUT2D eigenvalue weighted by Crippen LogP contribution is -2.12. The summed E-state index contributed by atoms with van der Waals surface area (Å²) in [4.78, 5) is 21.7. The minimum absolute atomic E-state index is 0.327. The second-order valence-corrected chi connectivity index (χ2v) is 5.59. The van der Waals surface area contributed by atoms with Crippen molar-refractivity contribution >= 4 is 34.2 Å². The van der Waals surface area contributed by atoms with Gasteiger partial charge in [-0.1, -0.05) is 35.9 Å². The van der Waals surface area contributed by atoms with Gasteiger partial charge in [0, 0.05) is 11.6 Å². The third-order valence-electron chi connectivity index (χ3n) is 3.60. The molecule has 3 rings (SSSR count).